The van der Waals surface area contributed by atoms with E-state index in [4.69, 9.17) is 18.6 Å². The molecule has 2 aromatic heterocycles. The van der Waals surface area contributed by atoms with Gasteiger partial charge in [-0.15, -0.1) is 0 Å². The van der Waals surface area contributed by atoms with Crippen LogP contribution in [0.3, 0.4) is 0 Å². The lowest BCUT2D eigenvalue weighted by Gasteiger charge is -2.15. The van der Waals surface area contributed by atoms with Crippen molar-refractivity contribution in [3.8, 4) is 17.2 Å². The summed E-state index contributed by atoms with van der Waals surface area (Å²) in [6.07, 6.45) is 1.68. The molecule has 4 rings (SSSR count). The molecule has 0 aliphatic rings. The molecule has 7 nitrogen and oxygen atoms in total. The average molecular weight is 433 g/mol. The van der Waals surface area contributed by atoms with Gasteiger partial charge in [-0.3, -0.25) is 9.59 Å². The number of fused-ring (bicyclic) bond motifs is 1. The number of benzene rings is 2. The Hall–Kier alpha value is -4.00. The highest BCUT2D eigenvalue weighted by Gasteiger charge is 2.16. The number of carbonyl (C=O) groups is 1. The highest BCUT2D eigenvalue weighted by atomic mass is 16.5. The van der Waals surface area contributed by atoms with Gasteiger partial charge in [-0.05, 0) is 43.3 Å². The Morgan fingerprint density at radius 3 is 2.50 bits per heavy atom. The van der Waals surface area contributed by atoms with E-state index in [9.17, 15) is 9.59 Å². The second-order valence-corrected chi connectivity index (χ2v) is 7.17. The minimum absolute atomic E-state index is 0.140. The molecule has 0 bridgehead atoms. The molecule has 0 saturated heterocycles. The lowest BCUT2D eigenvalue weighted by Crippen LogP contribution is -2.20. The van der Waals surface area contributed by atoms with E-state index >= 15 is 0 Å². The summed E-state index contributed by atoms with van der Waals surface area (Å²) in [6, 6.07) is 17.8. The summed E-state index contributed by atoms with van der Waals surface area (Å²) in [4.78, 5) is 24.8. The Bertz CT molecular complexity index is 1250. The lowest BCUT2D eigenvalue weighted by atomic mass is 10.2. The van der Waals surface area contributed by atoms with Gasteiger partial charge in [0.1, 0.15) is 23.7 Å². The Balaban J connectivity index is 1.39. The highest BCUT2D eigenvalue weighted by molar-refractivity contribution is 5.98. The van der Waals surface area contributed by atoms with Gasteiger partial charge in [0.15, 0.2) is 18.1 Å². The summed E-state index contributed by atoms with van der Waals surface area (Å²) >= 11 is 0. The van der Waals surface area contributed by atoms with Crippen LogP contribution in [-0.2, 0) is 6.54 Å². The largest absolute Gasteiger partial charge is 0.497 e. The van der Waals surface area contributed by atoms with Gasteiger partial charge in [-0.2, -0.15) is 0 Å². The zero-order valence-corrected chi connectivity index (χ0v) is 17.9. The fraction of sp³-hybridized carbons (Fsp3) is 0.200. The predicted octanol–water partition coefficient (Wildman–Crippen LogP) is 4.25. The van der Waals surface area contributed by atoms with Crippen LogP contribution >= 0.6 is 0 Å². The molecule has 0 amide bonds. The molecule has 0 N–H and O–H groups in total. The predicted molar refractivity (Wildman–Crippen MR) is 120 cm³/mol. The number of carbonyl (C=O) groups excluding carboxylic acids is 1. The smallest absolute Gasteiger partial charge is 0.235 e. The van der Waals surface area contributed by atoms with Gasteiger partial charge in [0, 0.05) is 17.6 Å². The van der Waals surface area contributed by atoms with E-state index in [1.807, 2.05) is 47.0 Å². The quantitative estimate of drug-likeness (QED) is 0.367. The van der Waals surface area contributed by atoms with Crippen LogP contribution in [-0.4, -0.2) is 30.7 Å². The van der Waals surface area contributed by atoms with Crippen molar-refractivity contribution in [2.24, 2.45) is 0 Å². The number of nitrogens with zero attached hydrogens (tertiary/aromatic N) is 1. The molecule has 2 aromatic carbocycles. The lowest BCUT2D eigenvalue weighted by molar-refractivity contribution is 0.0894. The normalized spacial score (nSPS) is 10.8. The zero-order valence-electron chi connectivity index (χ0n) is 17.9. The van der Waals surface area contributed by atoms with Crippen LogP contribution in [0.4, 0.5) is 0 Å². The standard InChI is InChI=1S/C25H23NO6/c1-17-25(31-16-22(28)24-15-18-5-3-4-6-23(18)32-24)21(27)11-12-26(17)13-14-30-20-9-7-19(29-2)8-10-20/h3-12,15H,13-14,16H2,1-2H3. The van der Waals surface area contributed by atoms with Crippen molar-refractivity contribution in [1.29, 1.82) is 0 Å². The van der Waals surface area contributed by atoms with Crippen LogP contribution in [0.1, 0.15) is 16.2 Å². The molecule has 0 aliphatic carbocycles. The SMILES string of the molecule is COc1ccc(OCCn2ccc(=O)c(OCC(=O)c3cc4ccccc4o3)c2C)cc1. The number of pyridine rings is 1. The molecule has 32 heavy (non-hydrogen) atoms. The van der Waals surface area contributed by atoms with E-state index in [1.54, 1.807) is 32.4 Å². The van der Waals surface area contributed by atoms with Crippen molar-refractivity contribution in [2.75, 3.05) is 20.3 Å². The summed E-state index contributed by atoms with van der Waals surface area (Å²) in [5, 5.41) is 0.839. The maximum absolute atomic E-state index is 12.5. The van der Waals surface area contributed by atoms with Gasteiger partial charge in [0.25, 0.3) is 0 Å². The van der Waals surface area contributed by atoms with Crippen LogP contribution < -0.4 is 19.6 Å². The minimum atomic E-state index is -0.335. The van der Waals surface area contributed by atoms with Gasteiger partial charge in [-0.1, -0.05) is 18.2 Å². The van der Waals surface area contributed by atoms with E-state index < -0.39 is 0 Å². The number of aromatic nitrogens is 1. The molecule has 164 valence electrons. The van der Waals surface area contributed by atoms with E-state index in [0.29, 0.717) is 24.4 Å². The summed E-state index contributed by atoms with van der Waals surface area (Å²) in [5.74, 6) is 1.48. The average Bonchev–Trinajstić information content (AvgIpc) is 3.25. The summed E-state index contributed by atoms with van der Waals surface area (Å²) < 4.78 is 23.9. The van der Waals surface area contributed by atoms with Crippen molar-refractivity contribution >= 4 is 16.8 Å². The van der Waals surface area contributed by atoms with Crippen LogP contribution in [0, 0.1) is 6.92 Å². The molecular weight excluding hydrogens is 410 g/mol. The van der Waals surface area contributed by atoms with Gasteiger partial charge in [0.2, 0.25) is 11.2 Å². The van der Waals surface area contributed by atoms with E-state index in [-0.39, 0.29) is 29.3 Å². The van der Waals surface area contributed by atoms with Gasteiger partial charge in [0.05, 0.1) is 19.3 Å². The van der Waals surface area contributed by atoms with E-state index in [0.717, 1.165) is 16.9 Å². The van der Waals surface area contributed by atoms with E-state index in [2.05, 4.69) is 0 Å². The Morgan fingerprint density at radius 1 is 1.00 bits per heavy atom. The molecule has 0 fully saturated rings. The fourth-order valence-corrected chi connectivity index (χ4v) is 3.33. The number of methoxy groups -OCH3 is 1. The Morgan fingerprint density at radius 2 is 1.75 bits per heavy atom. The first-order valence-electron chi connectivity index (χ1n) is 10.2. The van der Waals surface area contributed by atoms with Crippen LogP contribution in [0.5, 0.6) is 17.2 Å². The van der Waals surface area contributed by atoms with Crippen LogP contribution in [0.2, 0.25) is 0 Å². The maximum atomic E-state index is 12.5. The van der Waals surface area contributed by atoms with Gasteiger partial charge < -0.3 is 23.2 Å². The first kappa shape index (κ1) is 21.2. The number of ketones is 1. The number of ether oxygens (including phenoxy) is 3. The maximum Gasteiger partial charge on any atom is 0.235 e. The van der Waals surface area contributed by atoms with Crippen molar-refractivity contribution in [2.45, 2.75) is 13.5 Å². The number of furan rings is 1. The fourth-order valence-electron chi connectivity index (χ4n) is 3.33. The number of rotatable bonds is 9. The molecule has 7 heteroatoms. The molecule has 2 heterocycles. The molecule has 0 radical (unpaired) electrons. The van der Waals surface area contributed by atoms with Crippen molar-refractivity contribution < 1.29 is 23.4 Å². The molecule has 0 atom stereocenters. The van der Waals surface area contributed by atoms with Crippen LogP contribution in [0.25, 0.3) is 11.0 Å². The Kier molecular flexibility index (Phi) is 6.26. The molecule has 0 unspecified atom stereocenters. The van der Waals surface area contributed by atoms with Crippen molar-refractivity contribution in [3.05, 3.63) is 88.5 Å². The first-order valence-corrected chi connectivity index (χ1v) is 10.2. The molecule has 4 aromatic rings. The molecular formula is C25H23NO6. The first-order chi connectivity index (χ1) is 15.5. The van der Waals surface area contributed by atoms with Gasteiger partial charge in [-0.25, -0.2) is 0 Å². The minimum Gasteiger partial charge on any atom is -0.497 e. The molecule has 0 spiro atoms. The van der Waals surface area contributed by atoms with E-state index in [1.165, 1.54) is 6.07 Å². The second-order valence-electron chi connectivity index (χ2n) is 7.17. The third kappa shape index (κ3) is 4.67. The summed E-state index contributed by atoms with van der Waals surface area (Å²) in [6.45, 7) is 2.39. The monoisotopic (exact) mass is 433 g/mol. The topological polar surface area (TPSA) is 79.9 Å². The zero-order chi connectivity index (χ0) is 22.5. The summed E-state index contributed by atoms with van der Waals surface area (Å²) in [5.41, 5.74) is 0.964. The third-order valence-electron chi connectivity index (χ3n) is 5.10. The van der Waals surface area contributed by atoms with Crippen LogP contribution in [0.15, 0.2) is 76.1 Å². The number of hydrogen-bond donors (Lipinski definition) is 0. The number of hydrogen-bond acceptors (Lipinski definition) is 6. The van der Waals surface area contributed by atoms with Crippen molar-refractivity contribution in [3.63, 3.8) is 0 Å². The Labute approximate surface area is 184 Å². The second kappa shape index (κ2) is 9.43. The van der Waals surface area contributed by atoms with Gasteiger partial charge >= 0.3 is 0 Å². The highest BCUT2D eigenvalue weighted by Crippen LogP contribution is 2.20. The summed E-state index contributed by atoms with van der Waals surface area (Å²) in [7, 11) is 1.61. The third-order valence-corrected chi connectivity index (χ3v) is 5.10. The van der Waals surface area contributed by atoms with Crippen molar-refractivity contribution in [1.82, 2.24) is 4.57 Å². The molecule has 0 saturated carbocycles. The number of Topliss-reactive ketones (excluding diaryl/α,β-unsaturated/α-hetero) is 1. The molecule has 0 aliphatic heterocycles. The number of para-hydroxylation sites is 1.